The molecule has 0 saturated carbocycles. The van der Waals surface area contributed by atoms with Crippen LogP contribution in [0.25, 0.3) is 11.3 Å². The molecule has 2 heterocycles. The molecule has 0 unspecified atom stereocenters. The summed E-state index contributed by atoms with van der Waals surface area (Å²) < 4.78 is 1.10. The van der Waals surface area contributed by atoms with Gasteiger partial charge < -0.3 is 15.4 Å². The lowest BCUT2D eigenvalue weighted by Gasteiger charge is -2.29. The first-order valence-electron chi connectivity index (χ1n) is 10.1. The van der Waals surface area contributed by atoms with Crippen LogP contribution in [0.2, 0.25) is 0 Å². The van der Waals surface area contributed by atoms with Crippen LogP contribution in [0, 0.1) is 3.57 Å². The summed E-state index contributed by atoms with van der Waals surface area (Å²) in [7, 11) is 0. The van der Waals surface area contributed by atoms with Crippen LogP contribution in [0.5, 0.6) is 0 Å². The molecule has 32 heavy (non-hydrogen) atoms. The maximum absolute atomic E-state index is 13.1. The number of carbonyl (C=O) groups excluding carboxylic acids is 2. The van der Waals surface area contributed by atoms with Crippen molar-refractivity contribution in [2.24, 2.45) is 0 Å². The van der Waals surface area contributed by atoms with Gasteiger partial charge in [0.25, 0.3) is 5.91 Å². The third-order valence-corrected chi connectivity index (χ3v) is 6.26. The average molecular weight is 544 g/mol. The van der Waals surface area contributed by atoms with Crippen molar-refractivity contribution in [1.29, 1.82) is 0 Å². The Morgan fingerprint density at radius 2 is 1.84 bits per heavy atom. The van der Waals surface area contributed by atoms with Crippen molar-refractivity contribution in [2.75, 3.05) is 0 Å². The summed E-state index contributed by atoms with van der Waals surface area (Å²) in [5, 5.41) is 11.6. The first-order chi connectivity index (χ1) is 15.3. The molecule has 0 aliphatic carbocycles. The van der Waals surface area contributed by atoms with Gasteiger partial charge in [-0.2, -0.15) is 0 Å². The number of H-pyrrole nitrogens is 1. The highest BCUT2D eigenvalue weighted by atomic mass is 127. The maximum Gasteiger partial charge on any atom is 0.325 e. The van der Waals surface area contributed by atoms with Crippen LogP contribution in [-0.2, 0) is 9.59 Å². The van der Waals surface area contributed by atoms with E-state index in [0.29, 0.717) is 5.82 Å². The minimum absolute atomic E-state index is 0.287. The number of halogens is 1. The van der Waals surface area contributed by atoms with Crippen molar-refractivity contribution < 1.29 is 19.5 Å². The normalized spacial score (nSPS) is 17.8. The van der Waals surface area contributed by atoms with Gasteiger partial charge in [0.2, 0.25) is 0 Å². The smallest absolute Gasteiger partial charge is 0.325 e. The molecular formula is C23H21IN4O4. The van der Waals surface area contributed by atoms with Crippen molar-refractivity contribution in [1.82, 2.24) is 20.2 Å². The van der Waals surface area contributed by atoms with Gasteiger partial charge >= 0.3 is 12.0 Å². The van der Waals surface area contributed by atoms with Gasteiger partial charge in [-0.3, -0.25) is 14.5 Å². The van der Waals surface area contributed by atoms with E-state index >= 15 is 0 Å². The van der Waals surface area contributed by atoms with Crippen molar-refractivity contribution in [3.8, 4) is 11.3 Å². The highest BCUT2D eigenvalue weighted by molar-refractivity contribution is 14.1. The first-order valence-corrected chi connectivity index (χ1v) is 11.1. The Morgan fingerprint density at radius 1 is 1.16 bits per heavy atom. The molecule has 3 atom stereocenters. The first kappa shape index (κ1) is 22.0. The summed E-state index contributed by atoms with van der Waals surface area (Å²) in [4.78, 5) is 45.9. The number of carboxylic acid groups (broad SMARTS) is 1. The van der Waals surface area contributed by atoms with Gasteiger partial charge in [0.1, 0.15) is 17.9 Å². The highest BCUT2D eigenvalue weighted by Crippen LogP contribution is 2.37. The molecule has 1 saturated heterocycles. The van der Waals surface area contributed by atoms with Crippen LogP contribution in [0.4, 0.5) is 4.79 Å². The summed E-state index contributed by atoms with van der Waals surface area (Å²) in [6, 6.07) is 15.0. The number of carbonyl (C=O) groups is 3. The summed E-state index contributed by atoms with van der Waals surface area (Å²) in [5.41, 5.74) is 2.61. The Balaban J connectivity index is 1.74. The van der Waals surface area contributed by atoms with E-state index in [1.165, 1.54) is 0 Å². The molecular weight excluding hydrogens is 523 g/mol. The predicted octanol–water partition coefficient (Wildman–Crippen LogP) is 3.92. The van der Waals surface area contributed by atoms with Crippen LogP contribution in [0.15, 0.2) is 60.8 Å². The monoisotopic (exact) mass is 544 g/mol. The number of rotatable bonds is 7. The molecule has 164 valence electrons. The molecule has 0 radical (unpaired) electrons. The average Bonchev–Trinajstić information content (AvgIpc) is 3.35. The van der Waals surface area contributed by atoms with Gasteiger partial charge in [-0.15, -0.1) is 0 Å². The highest BCUT2D eigenvalue weighted by Gasteiger charge is 2.46. The van der Waals surface area contributed by atoms with Gasteiger partial charge in [-0.05, 0) is 45.9 Å². The number of aromatic nitrogens is 2. The fourth-order valence-corrected chi connectivity index (χ4v) is 4.27. The number of urea groups is 1. The van der Waals surface area contributed by atoms with Gasteiger partial charge in [-0.1, -0.05) is 49.4 Å². The summed E-state index contributed by atoms with van der Waals surface area (Å²) in [5.74, 6) is -1.56. The van der Waals surface area contributed by atoms with E-state index < -0.39 is 36.4 Å². The number of amides is 3. The second kappa shape index (κ2) is 9.11. The molecule has 3 aromatic rings. The van der Waals surface area contributed by atoms with E-state index in [2.05, 4.69) is 37.9 Å². The Labute approximate surface area is 198 Å². The number of nitrogens with one attached hydrogen (secondary N) is 2. The zero-order valence-corrected chi connectivity index (χ0v) is 19.3. The molecule has 4 rings (SSSR count). The van der Waals surface area contributed by atoms with Crippen LogP contribution in [-0.4, -0.2) is 43.9 Å². The van der Waals surface area contributed by atoms with Gasteiger partial charge in [0, 0.05) is 9.49 Å². The van der Waals surface area contributed by atoms with Crippen molar-refractivity contribution in [3.63, 3.8) is 0 Å². The quantitative estimate of drug-likeness (QED) is 0.308. The minimum atomic E-state index is -1.16. The molecule has 0 spiro atoms. The van der Waals surface area contributed by atoms with Crippen LogP contribution in [0.3, 0.4) is 0 Å². The van der Waals surface area contributed by atoms with E-state index in [9.17, 15) is 14.4 Å². The molecule has 1 aliphatic heterocycles. The summed E-state index contributed by atoms with van der Waals surface area (Å²) in [6.45, 7) is 1.91. The molecule has 1 aromatic heterocycles. The lowest BCUT2D eigenvalue weighted by molar-refractivity contribution is -0.140. The van der Waals surface area contributed by atoms with Crippen LogP contribution in [0.1, 0.15) is 36.7 Å². The SMILES string of the molecule is C[C@H](c1ccccc1)[C@@H](c1ncc(-c2ccc(I)cc2)[nH]1)N1C(=O)N[C@H](CC(=O)O)C1=O. The lowest BCUT2D eigenvalue weighted by atomic mass is 9.91. The molecule has 3 N–H and O–H groups in total. The lowest BCUT2D eigenvalue weighted by Crippen LogP contribution is -2.38. The largest absolute Gasteiger partial charge is 0.481 e. The second-order valence-corrected chi connectivity index (χ2v) is 8.89. The zero-order valence-electron chi connectivity index (χ0n) is 17.2. The number of aliphatic carboxylic acids is 1. The van der Waals surface area contributed by atoms with Gasteiger partial charge in [-0.25, -0.2) is 9.78 Å². The Morgan fingerprint density at radius 3 is 2.50 bits per heavy atom. The molecule has 2 aromatic carbocycles. The second-order valence-electron chi connectivity index (χ2n) is 7.64. The minimum Gasteiger partial charge on any atom is -0.481 e. The Kier molecular flexibility index (Phi) is 6.26. The number of benzene rings is 2. The van der Waals surface area contributed by atoms with Gasteiger partial charge in [0.15, 0.2) is 0 Å². The molecule has 3 amide bonds. The van der Waals surface area contributed by atoms with Crippen molar-refractivity contribution >= 4 is 40.5 Å². The Hall–Kier alpha value is -3.21. The van der Waals surface area contributed by atoms with E-state index in [0.717, 1.165) is 25.3 Å². The topological polar surface area (TPSA) is 115 Å². The number of imidazole rings is 1. The third kappa shape index (κ3) is 4.38. The molecule has 9 heteroatoms. The van der Waals surface area contributed by atoms with Gasteiger partial charge in [0.05, 0.1) is 18.3 Å². The number of hydrogen-bond acceptors (Lipinski definition) is 4. The van der Waals surface area contributed by atoms with E-state index in [1.807, 2.05) is 61.5 Å². The number of aromatic amines is 1. The van der Waals surface area contributed by atoms with Crippen LogP contribution < -0.4 is 5.32 Å². The number of imide groups is 1. The van der Waals surface area contributed by atoms with E-state index in [4.69, 9.17) is 5.11 Å². The number of nitrogens with zero attached hydrogens (tertiary/aromatic N) is 2. The molecule has 1 aliphatic rings. The fourth-order valence-electron chi connectivity index (χ4n) is 3.91. The van der Waals surface area contributed by atoms with E-state index in [-0.39, 0.29) is 5.92 Å². The number of carboxylic acids is 1. The number of hydrogen-bond donors (Lipinski definition) is 3. The van der Waals surface area contributed by atoms with Crippen molar-refractivity contribution in [3.05, 3.63) is 75.8 Å². The summed E-state index contributed by atoms with van der Waals surface area (Å²) >= 11 is 2.23. The zero-order chi connectivity index (χ0) is 22.8. The molecule has 8 nitrogen and oxygen atoms in total. The predicted molar refractivity (Wildman–Crippen MR) is 126 cm³/mol. The third-order valence-electron chi connectivity index (χ3n) is 5.54. The summed E-state index contributed by atoms with van der Waals surface area (Å²) in [6.07, 6.45) is 1.20. The van der Waals surface area contributed by atoms with Crippen molar-refractivity contribution in [2.45, 2.75) is 31.3 Å². The van der Waals surface area contributed by atoms with E-state index in [1.54, 1.807) is 6.20 Å². The molecule has 0 bridgehead atoms. The standard InChI is InChI=1S/C23H21IN4O4/c1-13(14-5-3-2-4-6-14)20(28-22(31)17(11-19(29)30)27-23(28)32)21-25-12-18(26-21)15-7-9-16(24)10-8-15/h2-10,12-13,17,20H,11H2,1H3,(H,25,26)(H,27,32)(H,29,30)/t13-,17-,20+/m1/s1. The Bertz CT molecular complexity index is 1150. The maximum atomic E-state index is 13.1. The van der Waals surface area contributed by atoms with Crippen LogP contribution >= 0.6 is 22.6 Å². The fraction of sp³-hybridized carbons (Fsp3) is 0.217. The molecule has 1 fully saturated rings.